The zero-order chi connectivity index (χ0) is 74.1. The molecule has 0 heteroatoms. The van der Waals surface area contributed by atoms with Crippen molar-refractivity contribution in [3.63, 3.8) is 0 Å². The lowest BCUT2D eigenvalue weighted by molar-refractivity contribution is 0.0183. The van der Waals surface area contributed by atoms with Crippen LogP contribution in [-0.2, 0) is 21.7 Å². The molecule has 57 aromatic rings. The minimum Gasteiger partial charge on any atom is -0.0620 e. The average Bonchev–Trinajstić information content (AvgIpc) is 1.36. The third-order valence-electron chi connectivity index (χ3n) is 50.2. The molecule has 57 aromatic carbocycles. The molecule has 0 nitrogen and oxygen atoms in total. The van der Waals surface area contributed by atoms with Gasteiger partial charge in [0.05, 0.1) is 0 Å². The van der Waals surface area contributed by atoms with Gasteiger partial charge in [-0.3, -0.25) is 0 Å². The van der Waals surface area contributed by atoms with E-state index in [0.717, 1.165) is 0 Å². The quantitative estimate of drug-likeness (QED) is 0.133. The first-order valence-electron chi connectivity index (χ1n) is 48.6. The second-order valence-electron chi connectivity index (χ2n) is 49.2. The molecule has 2 bridgehead atoms. The van der Waals surface area contributed by atoms with Gasteiger partial charge in [0.1, 0.15) is 0 Å². The van der Waals surface area contributed by atoms with Gasteiger partial charge in [0.15, 0.2) is 0 Å². The van der Waals surface area contributed by atoms with Gasteiger partial charge in [0.2, 0.25) is 0 Å². The van der Waals surface area contributed by atoms with Crippen molar-refractivity contribution >= 4 is 582 Å². The van der Waals surface area contributed by atoms with Crippen molar-refractivity contribution in [1.29, 1.82) is 0 Å². The predicted molar refractivity (Wildman–Crippen MR) is 540 cm³/mol. The second kappa shape index (κ2) is 9.74. The van der Waals surface area contributed by atoms with E-state index in [1.165, 1.54) is 0 Å². The summed E-state index contributed by atoms with van der Waals surface area (Å²) in [6.07, 6.45) is 0. The lowest BCUT2D eigenvalue weighted by Gasteiger charge is -2.79. The molecule has 0 aromatic heterocycles. The summed E-state index contributed by atoms with van der Waals surface area (Å²) in [4.78, 5) is 0. The maximum absolute atomic E-state index is 2.98. The number of benzene rings is 37. The van der Waals surface area contributed by atoms with Gasteiger partial charge in [-0.25, -0.2) is 0 Å². The van der Waals surface area contributed by atoms with E-state index in [9.17, 15) is 0 Å². The minimum atomic E-state index is -0.607. The van der Waals surface area contributed by atoms with Gasteiger partial charge in [0, 0.05) is 33.5 Å². The van der Waals surface area contributed by atoms with E-state index in [2.05, 4.69) is 24.3 Å². The first-order valence-corrected chi connectivity index (χ1v) is 48.6. The molecule has 0 N–H and O–H groups in total. The largest absolute Gasteiger partial charge is 0.0620 e. The standard InChI is InChI=1S/C128H6/c1-2-4-6-5(3-1)123-125-115-99-83-63-43-27-11-7-9-15-23-19(11)35-51-39(23)59-47-31(15)32-16(9)24-20-12(7)28(27)44-56-36(20)52-40(24)60-48(32)68-67(47)87-75(59)95-79(51)91(71(83)55(35)43)107(115)111(95)119-103(87)104-88(68)76(60)96-80(52)92-72(56)84(64(44)63)100(99)116(125)108(92)112(96)120(104)127(119,125)124(6)128-121-105-89-69-49-33-17-10-8-13-21-25(17)41-53-37(21)57-45-29(13)30-14(8)22-26-18(10)34(33)50-62-42(26)54-38(22)58-46(30)66-65(45)85-73(57)93-81(53)97(77(89)61(41)49)113(121)109(93)117-101(85)102-86(66)74(58)94-82(54)98-78(62)90(70(50)69)106(105)122(128)114(98)110(94)118(102)126(117,123)128/h1-4,123-124H. The summed E-state index contributed by atoms with van der Waals surface area (Å²) in [6.45, 7) is 0. The molecular weight excluding hydrogens is 1540 g/mol. The molecule has 0 unspecified atom stereocenters. The summed E-state index contributed by atoms with van der Waals surface area (Å²) in [5, 5.41) is 185. The lowest BCUT2D eigenvalue weighted by Crippen LogP contribution is -2.78. The molecule has 0 saturated heterocycles. The van der Waals surface area contributed by atoms with E-state index < -0.39 is 21.7 Å². The van der Waals surface area contributed by atoms with Crippen molar-refractivity contribution in [3.05, 3.63) is 79.9 Å². The lowest BCUT2D eigenvalue weighted by atomic mass is 9.21. The van der Waals surface area contributed by atoms with Crippen molar-refractivity contribution in [3.8, 4) is 0 Å². The maximum Gasteiger partial charge on any atom is 0.0453 e. The molecule has 0 atom stereocenters. The fourth-order valence-corrected chi connectivity index (χ4v) is 51.4. The van der Waals surface area contributed by atoms with Gasteiger partial charge < -0.3 is 0 Å². The van der Waals surface area contributed by atoms with Crippen LogP contribution in [0.2, 0.25) is 0 Å². The molecule has 0 amide bonds. The topological polar surface area (TPSA) is 0 Å². The molecule has 0 heterocycles. The molecule has 11 aliphatic rings. The van der Waals surface area contributed by atoms with Gasteiger partial charge in [-0.1, -0.05) is 24.3 Å². The first kappa shape index (κ1) is 44.6. The predicted octanol–water partition coefficient (Wildman–Crippen LogP) is 34.5. The van der Waals surface area contributed by atoms with Crippen molar-refractivity contribution in [2.24, 2.45) is 0 Å². The Hall–Kier alpha value is -15.9. The van der Waals surface area contributed by atoms with E-state index in [1.807, 2.05) is 44.5 Å². The van der Waals surface area contributed by atoms with Crippen LogP contribution in [0, 0.1) is 0 Å². The van der Waals surface area contributed by atoms with Crippen molar-refractivity contribution in [2.45, 2.75) is 33.5 Å². The summed E-state index contributed by atoms with van der Waals surface area (Å²) in [5.74, 6) is -0.0783. The zero-order valence-corrected chi connectivity index (χ0v) is 64.5. The van der Waals surface area contributed by atoms with Crippen molar-refractivity contribution < 1.29 is 0 Å². The summed E-state index contributed by atoms with van der Waals surface area (Å²) < 4.78 is 0. The summed E-state index contributed by atoms with van der Waals surface area (Å²) >= 11 is 0. The Bertz CT molecular complexity index is 14000. The Morgan fingerprint density at radius 3 is 0.219 bits per heavy atom. The van der Waals surface area contributed by atoms with Crippen LogP contribution >= 0.6 is 0 Å². The van der Waals surface area contributed by atoms with Gasteiger partial charge in [-0.05, 0) is 637 Å². The Balaban J connectivity index is 0.766. The van der Waals surface area contributed by atoms with Crippen LogP contribution in [0.3, 0.4) is 0 Å². The van der Waals surface area contributed by atoms with Crippen LogP contribution < -0.4 is 0 Å². The van der Waals surface area contributed by atoms with E-state index in [-0.39, 0.29) is 11.8 Å². The normalized spacial score (nSPS) is 24.5. The Labute approximate surface area is 689 Å². The number of rotatable bonds is 0. The highest BCUT2D eigenvalue weighted by Crippen LogP contribution is 3.00. The van der Waals surface area contributed by atoms with Gasteiger partial charge in [-0.2, -0.15) is 0 Å². The molecule has 128 heavy (non-hydrogen) atoms. The molecule has 0 aliphatic heterocycles. The fraction of sp³-hybridized carbons (Fsp3) is 0.0469. The Kier molecular flexibility index (Phi) is 3.40. The zero-order valence-electron chi connectivity index (χ0n) is 64.5. The van der Waals surface area contributed by atoms with E-state index in [1.54, 1.807) is 593 Å². The van der Waals surface area contributed by atoms with Gasteiger partial charge in [0.25, 0.3) is 0 Å². The highest BCUT2D eigenvalue weighted by molar-refractivity contribution is 6.88. The molecule has 518 valence electrons. The van der Waals surface area contributed by atoms with Gasteiger partial charge in [-0.15, -0.1) is 0 Å². The van der Waals surface area contributed by atoms with Crippen LogP contribution in [0.15, 0.2) is 24.3 Å². The van der Waals surface area contributed by atoms with Gasteiger partial charge >= 0.3 is 0 Å². The highest BCUT2D eigenvalue weighted by atomic mass is 14.9. The monoisotopic (exact) mass is 1540 g/mol. The third-order valence-corrected chi connectivity index (χ3v) is 50.2. The molecule has 1 saturated carbocycles. The Morgan fingerprint density at radius 2 is 0.148 bits per heavy atom. The van der Waals surface area contributed by atoms with Crippen LogP contribution in [0.4, 0.5) is 0 Å². The minimum absolute atomic E-state index is 0.0392. The SMILES string of the molecule is c1ccc2c(c1)C1C34c5c6c7c8c9c%10c(c%11c%12c3c3c5c5c%13c6c6c7c7c9c9c%14c%10c%10c%11c%11c%12c%12c3c3c5c5c%13c%13c6c6c7c9c7c9c%14c%10c%10c%11c%11c%12c3c3c5c5c%13c6c7c6c9c%10c%11c3c56)C84C2C23c4c5c6c7c8c9c(c%10c%11c2c2c4c4c%12c5c5c6c6c8c8c%13c9c9c%10c%10c%11c%11c2c2c4c4c%12c%12c5c5c6c8c6c8c%13c9c9c%10c%10c%11c2c2c4c4c%12c5c6c5c8c9c%10c2c45)C713. The molecule has 1 fully saturated rings. The number of hydrogen-bond acceptors (Lipinski definition) is 0. The van der Waals surface area contributed by atoms with Crippen molar-refractivity contribution in [2.75, 3.05) is 0 Å². The van der Waals surface area contributed by atoms with Crippen LogP contribution in [-0.4, -0.2) is 0 Å². The summed E-state index contributed by atoms with van der Waals surface area (Å²) in [5.41, 5.74) is 16.1. The Morgan fingerprint density at radius 1 is 0.0859 bits per heavy atom. The van der Waals surface area contributed by atoms with Crippen LogP contribution in [0.25, 0.3) is 582 Å². The smallest absolute Gasteiger partial charge is 0.0453 e. The van der Waals surface area contributed by atoms with E-state index >= 15 is 0 Å². The number of hydrogen-bond donors (Lipinski definition) is 0. The van der Waals surface area contributed by atoms with Crippen LogP contribution in [0.1, 0.15) is 67.5 Å². The van der Waals surface area contributed by atoms with E-state index in [4.69, 9.17) is 0 Å². The third kappa shape index (κ3) is 2.19. The molecular formula is C128H6. The first-order chi connectivity index (χ1) is 63.9. The van der Waals surface area contributed by atoms with E-state index in [0.29, 0.717) is 0 Å². The molecule has 68 rings (SSSR count). The molecule has 0 radical (unpaired) electrons. The van der Waals surface area contributed by atoms with Crippen LogP contribution in [0.5, 0.6) is 0 Å². The maximum atomic E-state index is 2.98. The second-order valence-corrected chi connectivity index (χ2v) is 49.2. The molecule has 4 spiro atoms. The molecule has 11 aliphatic carbocycles. The summed E-state index contributed by atoms with van der Waals surface area (Å²) in [6, 6.07) is 11.3. The van der Waals surface area contributed by atoms with Crippen molar-refractivity contribution in [1.82, 2.24) is 0 Å². The highest BCUT2D eigenvalue weighted by Gasteiger charge is 2.91. The average molecular weight is 1540 g/mol. The fourth-order valence-electron chi connectivity index (χ4n) is 51.4. The summed E-state index contributed by atoms with van der Waals surface area (Å²) in [7, 11) is 0.